The van der Waals surface area contributed by atoms with Crippen LogP contribution in [0.3, 0.4) is 0 Å². The Morgan fingerprint density at radius 2 is 1.61 bits per heavy atom. The number of aliphatic carboxylic acids is 1. The normalized spacial score (nSPS) is 12.7. The van der Waals surface area contributed by atoms with E-state index in [1.165, 1.54) is 12.1 Å². The van der Waals surface area contributed by atoms with E-state index in [1.54, 1.807) is 62.4 Å². The molecule has 0 aliphatic heterocycles. The number of carbonyl (C=O) groups excluding carboxylic acids is 3. The van der Waals surface area contributed by atoms with Gasteiger partial charge in [-0.3, -0.25) is 19.7 Å². The minimum atomic E-state index is -4.80. The van der Waals surface area contributed by atoms with Gasteiger partial charge in [0.25, 0.3) is 5.91 Å². The average molecular weight is 577 g/mol. The van der Waals surface area contributed by atoms with Gasteiger partial charge in [0.05, 0.1) is 12.1 Å². The molecule has 14 heteroatoms. The molecule has 11 nitrogen and oxygen atoms in total. The molecule has 0 radical (unpaired) electrons. The molecule has 3 N–H and O–H groups in total. The third kappa shape index (κ3) is 8.81. The maximum atomic E-state index is 13.3. The van der Waals surface area contributed by atoms with Crippen LogP contribution in [0.5, 0.6) is 5.88 Å². The van der Waals surface area contributed by atoms with E-state index in [9.17, 15) is 37.5 Å². The molecule has 2 aromatic carbocycles. The van der Waals surface area contributed by atoms with Gasteiger partial charge in [-0.1, -0.05) is 50.2 Å². The van der Waals surface area contributed by atoms with Crippen LogP contribution in [0.4, 0.5) is 23.7 Å². The number of carbonyl (C=O) groups is 4. The molecule has 41 heavy (non-hydrogen) atoms. The van der Waals surface area contributed by atoms with Crippen molar-refractivity contribution in [3.63, 3.8) is 0 Å². The number of benzene rings is 2. The maximum Gasteiger partial charge on any atom is 0.435 e. The molecule has 218 valence electrons. The zero-order valence-corrected chi connectivity index (χ0v) is 21.9. The first-order valence-corrected chi connectivity index (χ1v) is 12.3. The number of carboxylic acid groups (broad SMARTS) is 1. The van der Waals surface area contributed by atoms with Gasteiger partial charge in [-0.05, 0) is 30.2 Å². The van der Waals surface area contributed by atoms with Crippen LogP contribution in [0.1, 0.15) is 26.0 Å². The quantitative estimate of drug-likeness (QED) is 0.292. The first-order valence-electron chi connectivity index (χ1n) is 12.3. The SMILES string of the molecule is CC(C)[C@H](OC(=O)Nc1ccccc1)C(=O)NC(CC(=O)O)C(=O)COc1cc(C(F)(F)F)nn1-c1ccccc1. The molecular weight excluding hydrogens is 549 g/mol. The van der Waals surface area contributed by atoms with Crippen LogP contribution in [-0.2, 0) is 25.3 Å². The van der Waals surface area contributed by atoms with Crippen molar-refractivity contribution in [1.82, 2.24) is 15.1 Å². The number of nitrogens with zero attached hydrogens (tertiary/aromatic N) is 2. The lowest BCUT2D eigenvalue weighted by molar-refractivity contribution is -0.142. The van der Waals surface area contributed by atoms with Crippen molar-refractivity contribution in [3.8, 4) is 11.6 Å². The number of amides is 2. The first-order chi connectivity index (χ1) is 19.3. The zero-order valence-electron chi connectivity index (χ0n) is 21.9. The summed E-state index contributed by atoms with van der Waals surface area (Å²) in [6.07, 6.45) is -8.02. The Labute approximate surface area is 232 Å². The van der Waals surface area contributed by atoms with E-state index in [4.69, 9.17) is 9.47 Å². The fourth-order valence-electron chi connectivity index (χ4n) is 3.56. The number of Topliss-reactive ketones (excluding diaryl/α,β-unsaturated/α-hetero) is 1. The average Bonchev–Trinajstić information content (AvgIpc) is 3.35. The van der Waals surface area contributed by atoms with Gasteiger partial charge in [0.2, 0.25) is 5.88 Å². The molecule has 2 atom stereocenters. The minimum Gasteiger partial charge on any atom is -0.481 e. The van der Waals surface area contributed by atoms with Crippen molar-refractivity contribution in [1.29, 1.82) is 0 Å². The Hall–Kier alpha value is -4.88. The highest BCUT2D eigenvalue weighted by atomic mass is 19.4. The van der Waals surface area contributed by atoms with Crippen molar-refractivity contribution in [2.24, 2.45) is 5.92 Å². The van der Waals surface area contributed by atoms with Crippen molar-refractivity contribution in [2.75, 3.05) is 11.9 Å². The monoisotopic (exact) mass is 576 g/mol. The number of aromatic nitrogens is 2. The number of anilines is 1. The van der Waals surface area contributed by atoms with E-state index < -0.39 is 72.6 Å². The van der Waals surface area contributed by atoms with Crippen LogP contribution in [0.2, 0.25) is 0 Å². The van der Waals surface area contributed by atoms with E-state index in [0.717, 1.165) is 4.68 Å². The zero-order chi connectivity index (χ0) is 30.2. The molecule has 0 aliphatic carbocycles. The Bertz CT molecular complexity index is 1360. The summed E-state index contributed by atoms with van der Waals surface area (Å²) in [6, 6.07) is 14.9. The topological polar surface area (TPSA) is 149 Å². The lowest BCUT2D eigenvalue weighted by atomic mass is 10.0. The van der Waals surface area contributed by atoms with Gasteiger partial charge in [0, 0.05) is 11.8 Å². The van der Waals surface area contributed by atoms with Crippen molar-refractivity contribution in [3.05, 3.63) is 72.4 Å². The standard InChI is InChI=1S/C27H27F3N4O7/c1-16(2)24(41-26(39)31-17-9-5-3-6-10-17)25(38)32-19(13-23(36)37)20(35)15-40-22-14-21(27(28,29)30)33-34(22)18-11-7-4-8-12-18/h3-12,14,16,19,24H,13,15H2,1-2H3,(H,31,39)(H,32,38)(H,36,37)/t19?,24-/m0/s1. The van der Waals surface area contributed by atoms with Gasteiger partial charge in [-0.25, -0.2) is 9.48 Å². The van der Waals surface area contributed by atoms with Gasteiger partial charge in [0.15, 0.2) is 24.2 Å². The molecule has 3 rings (SSSR count). The van der Waals surface area contributed by atoms with E-state index in [-0.39, 0.29) is 5.69 Å². The summed E-state index contributed by atoms with van der Waals surface area (Å²) in [6.45, 7) is 2.25. The Balaban J connectivity index is 1.73. The highest BCUT2D eigenvalue weighted by Gasteiger charge is 2.36. The number of hydrogen-bond acceptors (Lipinski definition) is 7. The van der Waals surface area contributed by atoms with Crippen LogP contribution < -0.4 is 15.4 Å². The number of hydrogen-bond donors (Lipinski definition) is 3. The molecule has 3 aromatic rings. The second kappa shape index (κ2) is 13.5. The molecule has 1 aromatic heterocycles. The molecule has 1 unspecified atom stereocenters. The smallest absolute Gasteiger partial charge is 0.435 e. The van der Waals surface area contributed by atoms with Gasteiger partial charge in [-0.15, -0.1) is 0 Å². The van der Waals surface area contributed by atoms with Crippen LogP contribution >= 0.6 is 0 Å². The maximum absolute atomic E-state index is 13.3. The summed E-state index contributed by atoms with van der Waals surface area (Å²) in [5.41, 5.74) is -0.656. The van der Waals surface area contributed by atoms with Crippen LogP contribution in [0.15, 0.2) is 66.7 Å². The Morgan fingerprint density at radius 1 is 1.00 bits per heavy atom. The molecule has 0 bridgehead atoms. The Kier molecular flexibility index (Phi) is 10.1. The number of alkyl halides is 3. The van der Waals surface area contributed by atoms with E-state index >= 15 is 0 Å². The largest absolute Gasteiger partial charge is 0.481 e. The van der Waals surface area contributed by atoms with E-state index in [2.05, 4.69) is 15.7 Å². The fraction of sp³-hybridized carbons (Fsp3) is 0.296. The molecule has 0 saturated heterocycles. The lowest BCUT2D eigenvalue weighted by Crippen LogP contribution is -2.50. The van der Waals surface area contributed by atoms with Gasteiger partial charge < -0.3 is 19.9 Å². The number of rotatable bonds is 12. The van der Waals surface area contributed by atoms with Crippen LogP contribution in [0.25, 0.3) is 5.69 Å². The number of ketones is 1. The summed E-state index contributed by atoms with van der Waals surface area (Å²) in [4.78, 5) is 49.6. The molecule has 1 heterocycles. The summed E-state index contributed by atoms with van der Waals surface area (Å²) in [7, 11) is 0. The predicted molar refractivity (Wildman–Crippen MR) is 138 cm³/mol. The van der Waals surface area contributed by atoms with E-state index in [0.29, 0.717) is 11.8 Å². The van der Waals surface area contributed by atoms with E-state index in [1.807, 2.05) is 0 Å². The van der Waals surface area contributed by atoms with Gasteiger partial charge in [-0.2, -0.15) is 18.3 Å². The van der Waals surface area contributed by atoms with Crippen molar-refractivity contribution in [2.45, 2.75) is 38.6 Å². The van der Waals surface area contributed by atoms with Gasteiger partial charge >= 0.3 is 18.2 Å². The molecule has 2 amide bonds. The summed E-state index contributed by atoms with van der Waals surface area (Å²) >= 11 is 0. The molecule has 0 saturated carbocycles. The highest BCUT2D eigenvalue weighted by molar-refractivity contribution is 5.95. The third-order valence-electron chi connectivity index (χ3n) is 5.53. The second-order valence-electron chi connectivity index (χ2n) is 9.09. The molecule has 0 spiro atoms. The van der Waals surface area contributed by atoms with Crippen molar-refractivity contribution >= 4 is 29.4 Å². The third-order valence-corrected chi connectivity index (χ3v) is 5.53. The number of halogens is 3. The van der Waals surface area contributed by atoms with Gasteiger partial charge in [0.1, 0.15) is 6.04 Å². The lowest BCUT2D eigenvalue weighted by Gasteiger charge is -2.24. The predicted octanol–water partition coefficient (Wildman–Crippen LogP) is 4.07. The summed E-state index contributed by atoms with van der Waals surface area (Å²) in [5.74, 6) is -4.35. The molecule has 0 aliphatic rings. The second-order valence-corrected chi connectivity index (χ2v) is 9.09. The summed E-state index contributed by atoms with van der Waals surface area (Å²) < 4.78 is 51.3. The molecular formula is C27H27F3N4O7. The first kappa shape index (κ1) is 30.7. The fourth-order valence-corrected chi connectivity index (χ4v) is 3.56. The van der Waals surface area contributed by atoms with Crippen molar-refractivity contribution < 1.29 is 46.9 Å². The van der Waals surface area contributed by atoms with Crippen LogP contribution in [0, 0.1) is 5.92 Å². The Morgan fingerprint density at radius 3 is 2.17 bits per heavy atom. The molecule has 0 fully saturated rings. The van der Waals surface area contributed by atoms with Crippen LogP contribution in [-0.4, -0.2) is 57.4 Å². The minimum absolute atomic E-state index is 0.214. The number of ether oxygens (including phenoxy) is 2. The highest BCUT2D eigenvalue weighted by Crippen LogP contribution is 2.32. The number of para-hydroxylation sites is 2. The number of nitrogens with one attached hydrogen (secondary N) is 2. The number of carboxylic acids is 1. The summed E-state index contributed by atoms with van der Waals surface area (Å²) in [5, 5.41) is 17.5.